The molecule has 1 heterocycles. The monoisotopic (exact) mass is 269 g/mol. The van der Waals surface area contributed by atoms with Crippen molar-refractivity contribution in [2.75, 3.05) is 0 Å². The van der Waals surface area contributed by atoms with E-state index in [0.29, 0.717) is 6.04 Å². The molecule has 0 aliphatic heterocycles. The summed E-state index contributed by atoms with van der Waals surface area (Å²) in [6, 6.07) is 2.73. The molecule has 3 rings (SSSR count). The maximum Gasteiger partial charge on any atom is 0.0516 e. The molecule has 2 aliphatic rings. The summed E-state index contributed by atoms with van der Waals surface area (Å²) in [6.45, 7) is 3.34. The number of rotatable bonds is 4. The van der Waals surface area contributed by atoms with Gasteiger partial charge in [-0.25, -0.2) is 0 Å². The minimum Gasteiger partial charge on any atom is -0.309 e. The van der Waals surface area contributed by atoms with Crippen molar-refractivity contribution in [1.29, 1.82) is 0 Å². The Morgan fingerprint density at radius 1 is 1.47 bits per heavy atom. The molecule has 1 aromatic rings. The fourth-order valence-corrected chi connectivity index (χ4v) is 4.79. The third-order valence-electron chi connectivity index (χ3n) is 4.66. The summed E-state index contributed by atoms with van der Waals surface area (Å²) in [5.41, 5.74) is 0. The van der Waals surface area contributed by atoms with Gasteiger partial charge < -0.3 is 5.32 Å². The van der Waals surface area contributed by atoms with Crippen LogP contribution >= 0.6 is 22.9 Å². The van der Waals surface area contributed by atoms with Crippen molar-refractivity contribution in [1.82, 2.24) is 5.32 Å². The number of hydrogen-bond donors (Lipinski definition) is 1. The first-order valence-corrected chi connectivity index (χ1v) is 7.94. The summed E-state index contributed by atoms with van der Waals surface area (Å²) in [5.74, 6) is 2.98. The number of fused-ring (bicyclic) bond motifs is 2. The topological polar surface area (TPSA) is 12.0 Å². The van der Waals surface area contributed by atoms with E-state index in [1.165, 1.54) is 30.6 Å². The Morgan fingerprint density at radius 2 is 2.35 bits per heavy atom. The Kier molecular flexibility index (Phi) is 3.47. The van der Waals surface area contributed by atoms with Gasteiger partial charge in [-0.1, -0.05) is 18.0 Å². The van der Waals surface area contributed by atoms with Crippen molar-refractivity contribution >= 4 is 22.9 Å². The number of nitrogens with one attached hydrogen (secondary N) is 1. The Labute approximate surface area is 113 Å². The average molecular weight is 270 g/mol. The summed E-state index contributed by atoms with van der Waals surface area (Å²) in [6.07, 6.45) is 5.94. The predicted molar refractivity (Wildman–Crippen MR) is 74.6 cm³/mol. The van der Waals surface area contributed by atoms with Crippen LogP contribution in [0.4, 0.5) is 0 Å². The molecule has 4 unspecified atom stereocenters. The molecule has 2 fully saturated rings. The van der Waals surface area contributed by atoms with Gasteiger partial charge >= 0.3 is 0 Å². The van der Waals surface area contributed by atoms with Crippen molar-refractivity contribution in [2.45, 2.75) is 45.2 Å². The average Bonchev–Trinajstić information content (AvgIpc) is 3.01. The van der Waals surface area contributed by atoms with Gasteiger partial charge in [0.2, 0.25) is 0 Å². The largest absolute Gasteiger partial charge is 0.309 e. The molecule has 1 aromatic heterocycles. The van der Waals surface area contributed by atoms with Crippen LogP contribution in [-0.2, 0) is 6.54 Å². The van der Waals surface area contributed by atoms with E-state index in [0.717, 1.165) is 29.3 Å². The number of halogens is 1. The molecule has 0 saturated heterocycles. The van der Waals surface area contributed by atoms with Crippen LogP contribution in [0.5, 0.6) is 0 Å². The molecule has 0 radical (unpaired) electrons. The Hall–Kier alpha value is -0.0500. The zero-order chi connectivity index (χ0) is 11.8. The summed E-state index contributed by atoms with van der Waals surface area (Å²) in [4.78, 5) is 1.35. The number of thiophene rings is 1. The van der Waals surface area contributed by atoms with Gasteiger partial charge in [-0.3, -0.25) is 0 Å². The Morgan fingerprint density at radius 3 is 2.94 bits per heavy atom. The molecule has 1 nitrogen and oxygen atoms in total. The van der Waals surface area contributed by atoms with E-state index in [-0.39, 0.29) is 0 Å². The van der Waals surface area contributed by atoms with Crippen molar-refractivity contribution in [2.24, 2.45) is 17.8 Å². The van der Waals surface area contributed by atoms with Crippen LogP contribution in [-0.4, -0.2) is 6.04 Å². The second-order valence-corrected chi connectivity index (χ2v) is 7.17. The van der Waals surface area contributed by atoms with Crippen LogP contribution in [0.3, 0.4) is 0 Å². The second kappa shape index (κ2) is 4.91. The van der Waals surface area contributed by atoms with E-state index in [2.05, 4.69) is 18.3 Å². The highest BCUT2D eigenvalue weighted by Crippen LogP contribution is 2.49. The highest BCUT2D eigenvalue weighted by molar-refractivity contribution is 7.10. The normalized spacial score (nSPS) is 33.2. The maximum absolute atomic E-state index is 5.94. The van der Waals surface area contributed by atoms with E-state index in [1.54, 1.807) is 11.3 Å². The molecule has 2 saturated carbocycles. The van der Waals surface area contributed by atoms with E-state index in [9.17, 15) is 0 Å². The molecule has 4 atom stereocenters. The smallest absolute Gasteiger partial charge is 0.0516 e. The van der Waals surface area contributed by atoms with Gasteiger partial charge in [-0.2, -0.15) is 0 Å². The molecule has 17 heavy (non-hydrogen) atoms. The van der Waals surface area contributed by atoms with Gasteiger partial charge in [-0.05, 0) is 50.0 Å². The first kappa shape index (κ1) is 12.0. The van der Waals surface area contributed by atoms with Gasteiger partial charge in [0.25, 0.3) is 0 Å². The van der Waals surface area contributed by atoms with Crippen LogP contribution in [0.2, 0.25) is 5.02 Å². The summed E-state index contributed by atoms with van der Waals surface area (Å²) in [5, 5.41) is 6.58. The van der Waals surface area contributed by atoms with Gasteiger partial charge in [0, 0.05) is 22.8 Å². The SMILES string of the molecule is CC(NCc1cc(Cl)cs1)C1CC2CCC1C2. The lowest BCUT2D eigenvalue weighted by Gasteiger charge is -2.28. The summed E-state index contributed by atoms with van der Waals surface area (Å²) in [7, 11) is 0. The van der Waals surface area contributed by atoms with Crippen molar-refractivity contribution in [3.05, 3.63) is 21.3 Å². The highest BCUT2D eigenvalue weighted by Gasteiger charge is 2.41. The van der Waals surface area contributed by atoms with E-state index in [4.69, 9.17) is 11.6 Å². The fourth-order valence-electron chi connectivity index (χ4n) is 3.77. The van der Waals surface area contributed by atoms with Crippen molar-refractivity contribution in [3.63, 3.8) is 0 Å². The van der Waals surface area contributed by atoms with E-state index in [1.807, 2.05) is 5.38 Å². The number of hydrogen-bond acceptors (Lipinski definition) is 2. The van der Waals surface area contributed by atoms with Crippen LogP contribution in [0.15, 0.2) is 11.4 Å². The first-order valence-electron chi connectivity index (χ1n) is 6.68. The quantitative estimate of drug-likeness (QED) is 0.859. The molecule has 0 aromatic carbocycles. The molecule has 0 spiro atoms. The minimum atomic E-state index is 0.658. The molecule has 2 bridgehead atoms. The molecule has 94 valence electrons. The summed E-state index contributed by atoms with van der Waals surface area (Å²) >= 11 is 7.69. The predicted octanol–water partition coefficient (Wildman–Crippen LogP) is 4.32. The van der Waals surface area contributed by atoms with E-state index >= 15 is 0 Å². The van der Waals surface area contributed by atoms with Crippen LogP contribution in [0, 0.1) is 17.8 Å². The van der Waals surface area contributed by atoms with Crippen LogP contribution < -0.4 is 5.32 Å². The molecular weight excluding hydrogens is 250 g/mol. The lowest BCUT2D eigenvalue weighted by Crippen LogP contribution is -2.35. The zero-order valence-electron chi connectivity index (χ0n) is 10.3. The third kappa shape index (κ3) is 2.54. The van der Waals surface area contributed by atoms with Crippen molar-refractivity contribution < 1.29 is 0 Å². The molecule has 0 amide bonds. The van der Waals surface area contributed by atoms with Crippen molar-refractivity contribution in [3.8, 4) is 0 Å². The Balaban J connectivity index is 1.52. The molecular formula is C14H20ClNS. The lowest BCUT2D eigenvalue weighted by molar-refractivity contribution is 0.260. The van der Waals surface area contributed by atoms with Crippen LogP contribution in [0.25, 0.3) is 0 Å². The molecule has 1 N–H and O–H groups in total. The standard InChI is InChI=1S/C14H20ClNS/c1-9(14-5-10-2-3-11(14)4-10)16-7-13-6-12(15)8-17-13/h6,8-11,14,16H,2-5,7H2,1H3. The maximum atomic E-state index is 5.94. The minimum absolute atomic E-state index is 0.658. The summed E-state index contributed by atoms with van der Waals surface area (Å²) < 4.78 is 0. The second-order valence-electron chi connectivity index (χ2n) is 5.74. The van der Waals surface area contributed by atoms with E-state index < -0.39 is 0 Å². The van der Waals surface area contributed by atoms with Gasteiger partial charge in [0.15, 0.2) is 0 Å². The van der Waals surface area contributed by atoms with Gasteiger partial charge in [0.05, 0.1) is 5.02 Å². The highest BCUT2D eigenvalue weighted by atomic mass is 35.5. The first-order chi connectivity index (χ1) is 8.22. The fraction of sp³-hybridized carbons (Fsp3) is 0.714. The lowest BCUT2D eigenvalue weighted by atomic mass is 9.84. The zero-order valence-corrected chi connectivity index (χ0v) is 11.9. The van der Waals surface area contributed by atoms with Gasteiger partial charge in [-0.15, -0.1) is 11.3 Å². The Bertz CT molecular complexity index is 389. The molecule has 2 aliphatic carbocycles. The van der Waals surface area contributed by atoms with Crippen LogP contribution in [0.1, 0.15) is 37.5 Å². The third-order valence-corrected chi connectivity index (χ3v) is 5.94. The molecule has 3 heteroatoms. The van der Waals surface area contributed by atoms with Gasteiger partial charge in [0.1, 0.15) is 0 Å².